The van der Waals surface area contributed by atoms with E-state index in [2.05, 4.69) is 51.5 Å². The first kappa shape index (κ1) is 23.2. The molecule has 0 aliphatic heterocycles. The largest absolute Gasteiger partial charge is 0.359 e. The van der Waals surface area contributed by atoms with E-state index in [0.29, 0.717) is 12.5 Å². The average molecular weight is 510 g/mol. The van der Waals surface area contributed by atoms with Crippen LogP contribution in [0.4, 0.5) is 0 Å². The van der Waals surface area contributed by atoms with Crippen molar-refractivity contribution in [3.05, 3.63) is 47.6 Å². The van der Waals surface area contributed by atoms with E-state index < -0.39 is 0 Å². The summed E-state index contributed by atoms with van der Waals surface area (Å²) in [6.07, 6.45) is 2.93. The van der Waals surface area contributed by atoms with Crippen molar-refractivity contribution in [2.75, 3.05) is 13.1 Å². The number of aromatic amines is 1. The second-order valence-corrected chi connectivity index (χ2v) is 6.80. The molecule has 2 heterocycles. The molecule has 29 heavy (non-hydrogen) atoms. The van der Waals surface area contributed by atoms with Crippen molar-refractivity contribution < 1.29 is 4.52 Å². The lowest BCUT2D eigenvalue weighted by Gasteiger charge is -2.10. The Kier molecular flexibility index (Phi) is 9.43. The lowest BCUT2D eigenvalue weighted by molar-refractivity contribution is 0.372. The molecule has 0 amide bonds. The summed E-state index contributed by atoms with van der Waals surface area (Å²) < 4.78 is 5.46. The van der Waals surface area contributed by atoms with Gasteiger partial charge in [0, 0.05) is 31.5 Å². The molecule has 2 aromatic heterocycles. The van der Waals surface area contributed by atoms with Gasteiger partial charge in [0.25, 0.3) is 0 Å². The van der Waals surface area contributed by atoms with Crippen molar-refractivity contribution in [2.24, 2.45) is 4.99 Å². The Labute approximate surface area is 189 Å². The topological polar surface area (TPSA) is 91.1 Å². The van der Waals surface area contributed by atoms with Crippen LogP contribution in [0.5, 0.6) is 0 Å². The van der Waals surface area contributed by atoms with E-state index in [1.807, 2.05) is 30.3 Å². The molecule has 3 rings (SSSR count). The molecule has 0 saturated carbocycles. The summed E-state index contributed by atoms with van der Waals surface area (Å²) in [5.41, 5.74) is 3.09. The van der Waals surface area contributed by atoms with Crippen LogP contribution < -0.4 is 10.6 Å². The molecular formula is C21H31IN6O. The molecule has 0 spiro atoms. The number of H-pyrrole nitrogens is 1. The third kappa shape index (κ3) is 6.45. The normalized spacial score (nSPS) is 11.7. The number of fused-ring (bicyclic) bond motifs is 1. The minimum absolute atomic E-state index is 0. The van der Waals surface area contributed by atoms with E-state index in [9.17, 15) is 0 Å². The Morgan fingerprint density at radius 2 is 1.97 bits per heavy atom. The predicted octanol–water partition coefficient (Wildman–Crippen LogP) is 4.37. The second kappa shape index (κ2) is 11.8. The number of imidazole rings is 1. The molecule has 7 nitrogen and oxygen atoms in total. The van der Waals surface area contributed by atoms with Gasteiger partial charge in [-0.3, -0.25) is 0 Å². The molecule has 3 N–H and O–H groups in total. The van der Waals surface area contributed by atoms with Gasteiger partial charge in [0.15, 0.2) is 11.7 Å². The molecule has 0 unspecified atom stereocenters. The van der Waals surface area contributed by atoms with Crippen LogP contribution in [0.25, 0.3) is 11.0 Å². The molecule has 0 atom stereocenters. The lowest BCUT2D eigenvalue weighted by atomic mass is 9.99. The van der Waals surface area contributed by atoms with E-state index in [0.717, 1.165) is 66.6 Å². The van der Waals surface area contributed by atoms with Crippen LogP contribution in [-0.2, 0) is 13.0 Å². The van der Waals surface area contributed by atoms with Gasteiger partial charge < -0.3 is 20.1 Å². The summed E-state index contributed by atoms with van der Waals surface area (Å²) in [5.74, 6) is 2.97. The van der Waals surface area contributed by atoms with Crippen molar-refractivity contribution in [3.8, 4) is 0 Å². The van der Waals surface area contributed by atoms with Gasteiger partial charge in [0.2, 0.25) is 0 Å². The van der Waals surface area contributed by atoms with E-state index in [1.54, 1.807) is 0 Å². The SMILES string of the molecule is CCNC(=NCc1cc(C(CC)CC)no1)NCCc1nc2ccccc2[nH]1.I. The van der Waals surface area contributed by atoms with Crippen molar-refractivity contribution >= 4 is 41.0 Å². The Morgan fingerprint density at radius 1 is 1.17 bits per heavy atom. The predicted molar refractivity (Wildman–Crippen MR) is 128 cm³/mol. The van der Waals surface area contributed by atoms with Crippen LogP contribution in [0.1, 0.15) is 56.8 Å². The number of para-hydroxylation sites is 2. The quantitative estimate of drug-likeness (QED) is 0.226. The summed E-state index contributed by atoms with van der Waals surface area (Å²) in [5, 5.41) is 10.8. The molecule has 8 heteroatoms. The van der Waals surface area contributed by atoms with E-state index in [1.165, 1.54) is 0 Å². The summed E-state index contributed by atoms with van der Waals surface area (Å²) in [6.45, 7) is 8.40. The van der Waals surface area contributed by atoms with Gasteiger partial charge in [-0.25, -0.2) is 9.98 Å². The number of hydrogen-bond acceptors (Lipinski definition) is 4. The number of guanidine groups is 1. The number of halogens is 1. The first-order chi connectivity index (χ1) is 13.7. The number of nitrogens with one attached hydrogen (secondary N) is 3. The minimum atomic E-state index is 0. The smallest absolute Gasteiger partial charge is 0.191 e. The molecule has 0 aliphatic carbocycles. The molecule has 158 valence electrons. The number of benzene rings is 1. The second-order valence-electron chi connectivity index (χ2n) is 6.80. The highest BCUT2D eigenvalue weighted by Gasteiger charge is 2.12. The molecule has 1 aromatic carbocycles. The highest BCUT2D eigenvalue weighted by molar-refractivity contribution is 14.0. The van der Waals surface area contributed by atoms with Gasteiger partial charge in [-0.15, -0.1) is 24.0 Å². The van der Waals surface area contributed by atoms with Crippen LogP contribution in [0.3, 0.4) is 0 Å². The van der Waals surface area contributed by atoms with E-state index in [-0.39, 0.29) is 24.0 Å². The maximum atomic E-state index is 5.46. The zero-order chi connectivity index (χ0) is 19.8. The highest BCUT2D eigenvalue weighted by Crippen LogP contribution is 2.22. The number of aromatic nitrogens is 3. The average Bonchev–Trinajstić information content (AvgIpc) is 3.34. The Morgan fingerprint density at radius 3 is 2.69 bits per heavy atom. The molecular weight excluding hydrogens is 479 g/mol. The van der Waals surface area contributed by atoms with Gasteiger partial charge in [-0.1, -0.05) is 31.1 Å². The maximum Gasteiger partial charge on any atom is 0.191 e. The van der Waals surface area contributed by atoms with Crippen LogP contribution in [0.15, 0.2) is 39.8 Å². The standard InChI is InChI=1S/C21H30N6O.HI/c1-4-15(5-2)19-13-16(28-27-19)14-24-21(22-6-3)23-12-11-20-25-17-9-7-8-10-18(17)26-20;/h7-10,13,15H,4-6,11-12,14H2,1-3H3,(H,25,26)(H2,22,23,24);1H. The molecule has 0 saturated heterocycles. The van der Waals surface area contributed by atoms with Crippen molar-refractivity contribution in [1.82, 2.24) is 25.8 Å². The monoisotopic (exact) mass is 510 g/mol. The fourth-order valence-corrected chi connectivity index (χ4v) is 3.22. The van der Waals surface area contributed by atoms with Crippen molar-refractivity contribution in [3.63, 3.8) is 0 Å². The first-order valence-corrected chi connectivity index (χ1v) is 10.1. The molecule has 0 bridgehead atoms. The fraction of sp³-hybridized carbons (Fsp3) is 0.476. The first-order valence-electron chi connectivity index (χ1n) is 10.1. The van der Waals surface area contributed by atoms with Gasteiger partial charge in [0.1, 0.15) is 12.4 Å². The number of rotatable bonds is 9. The van der Waals surface area contributed by atoms with Crippen LogP contribution in [-0.4, -0.2) is 34.2 Å². The molecule has 0 radical (unpaired) electrons. The zero-order valence-corrected chi connectivity index (χ0v) is 19.7. The molecule has 0 fully saturated rings. The van der Waals surface area contributed by atoms with Crippen LogP contribution in [0, 0.1) is 0 Å². The van der Waals surface area contributed by atoms with Gasteiger partial charge >= 0.3 is 0 Å². The highest BCUT2D eigenvalue weighted by atomic mass is 127. The zero-order valence-electron chi connectivity index (χ0n) is 17.4. The third-order valence-corrected chi connectivity index (χ3v) is 4.81. The van der Waals surface area contributed by atoms with Crippen LogP contribution >= 0.6 is 24.0 Å². The van der Waals surface area contributed by atoms with E-state index in [4.69, 9.17) is 4.52 Å². The maximum absolute atomic E-state index is 5.46. The van der Waals surface area contributed by atoms with Crippen molar-refractivity contribution in [1.29, 1.82) is 0 Å². The number of aliphatic imine (C=N–C) groups is 1. The lowest BCUT2D eigenvalue weighted by Crippen LogP contribution is -2.38. The summed E-state index contributed by atoms with van der Waals surface area (Å²) in [6, 6.07) is 10.1. The van der Waals surface area contributed by atoms with Gasteiger partial charge in [-0.05, 0) is 31.9 Å². The number of nitrogens with zero attached hydrogens (tertiary/aromatic N) is 3. The molecule has 3 aromatic rings. The van der Waals surface area contributed by atoms with Gasteiger partial charge in [0.05, 0.1) is 16.7 Å². The summed E-state index contributed by atoms with van der Waals surface area (Å²) in [4.78, 5) is 12.6. The van der Waals surface area contributed by atoms with Gasteiger partial charge in [-0.2, -0.15) is 0 Å². The summed E-state index contributed by atoms with van der Waals surface area (Å²) >= 11 is 0. The minimum Gasteiger partial charge on any atom is -0.359 e. The number of hydrogen-bond donors (Lipinski definition) is 3. The Hall–Kier alpha value is -2.10. The molecule has 0 aliphatic rings. The fourth-order valence-electron chi connectivity index (χ4n) is 3.22. The van der Waals surface area contributed by atoms with Crippen molar-refractivity contribution in [2.45, 2.75) is 52.5 Å². The Bertz CT molecular complexity index is 866. The van der Waals surface area contributed by atoms with E-state index >= 15 is 0 Å². The van der Waals surface area contributed by atoms with Crippen LogP contribution in [0.2, 0.25) is 0 Å². The Balaban J connectivity index is 0.00000300. The third-order valence-electron chi connectivity index (χ3n) is 4.81. The summed E-state index contributed by atoms with van der Waals surface area (Å²) in [7, 11) is 0.